The molecule has 3 aromatic rings. The fraction of sp³-hybridized carbons (Fsp3) is 0.500. The maximum atomic E-state index is 14.3. The second-order valence-electron chi connectivity index (χ2n) is 13.0. The van der Waals surface area contributed by atoms with Crippen LogP contribution in [0.5, 0.6) is 17.2 Å². The maximum Gasteiger partial charge on any atom is 0.257 e. The Morgan fingerprint density at radius 3 is 2.64 bits per heavy atom. The predicted molar refractivity (Wildman–Crippen MR) is 168 cm³/mol. The molecule has 0 bridgehead atoms. The molecule has 1 aromatic heterocycles. The van der Waals surface area contributed by atoms with Gasteiger partial charge in [0.05, 0.1) is 11.8 Å². The molecule has 0 N–H and O–H groups in total. The van der Waals surface area contributed by atoms with Gasteiger partial charge in [-0.2, -0.15) is 0 Å². The van der Waals surface area contributed by atoms with Crippen LogP contribution >= 0.6 is 0 Å². The molecule has 1 saturated carbocycles. The number of aromatic nitrogens is 2. The van der Waals surface area contributed by atoms with Gasteiger partial charge in [-0.1, -0.05) is 12.1 Å². The molecule has 2 aromatic carbocycles. The van der Waals surface area contributed by atoms with E-state index >= 15 is 0 Å². The first-order valence-corrected chi connectivity index (χ1v) is 15.6. The van der Waals surface area contributed by atoms with Gasteiger partial charge in [-0.05, 0) is 77.5 Å². The number of hydrogen-bond donors (Lipinski definition) is 0. The molecule has 6 rings (SSSR count). The first-order valence-electron chi connectivity index (χ1n) is 15.6. The van der Waals surface area contributed by atoms with Crippen LogP contribution in [0.3, 0.4) is 0 Å². The van der Waals surface area contributed by atoms with E-state index in [0.29, 0.717) is 18.1 Å². The Morgan fingerprint density at radius 1 is 1.11 bits per heavy atom. The van der Waals surface area contributed by atoms with Crippen molar-refractivity contribution in [2.24, 2.45) is 5.41 Å². The number of likely N-dealkylation sites (N-methyl/N-ethyl adjacent to an activating group) is 1. The molecule has 0 radical (unpaired) electrons. The molecule has 0 unspecified atom stereocenters. The van der Waals surface area contributed by atoms with Crippen molar-refractivity contribution in [2.75, 3.05) is 51.7 Å². The van der Waals surface area contributed by atoms with E-state index in [-0.39, 0.29) is 34.8 Å². The number of anilines is 1. The van der Waals surface area contributed by atoms with Gasteiger partial charge in [0.25, 0.3) is 5.91 Å². The fourth-order valence-corrected chi connectivity index (χ4v) is 6.80. The highest BCUT2D eigenvalue weighted by Gasteiger charge is 2.54. The van der Waals surface area contributed by atoms with Gasteiger partial charge in [0.15, 0.2) is 11.6 Å². The van der Waals surface area contributed by atoms with Crippen LogP contribution in [0.1, 0.15) is 55.1 Å². The number of halogens is 1. The van der Waals surface area contributed by atoms with E-state index in [0.717, 1.165) is 57.9 Å². The lowest BCUT2D eigenvalue weighted by atomic mass is 9.61. The monoisotopic (exact) mass is 602 g/mol. The lowest BCUT2D eigenvalue weighted by molar-refractivity contribution is -0.0349. The van der Waals surface area contributed by atoms with E-state index in [1.54, 1.807) is 11.1 Å². The largest absolute Gasteiger partial charge is 0.490 e. The highest BCUT2D eigenvalue weighted by molar-refractivity contribution is 5.97. The highest BCUT2D eigenvalue weighted by Crippen LogP contribution is 2.52. The zero-order chi connectivity index (χ0) is 31.0. The van der Waals surface area contributed by atoms with E-state index in [4.69, 9.17) is 9.47 Å². The average Bonchev–Trinajstić information content (AvgIpc) is 3.38. The molecule has 1 aliphatic carbocycles. The Bertz CT molecular complexity index is 1500. The Morgan fingerprint density at radius 2 is 1.91 bits per heavy atom. The zero-order valence-corrected chi connectivity index (χ0v) is 26.4. The standard InChI is InChI=1S/C34H43FN6O3/c1-6-41(23(2)3)33(42)27-14-25(35)10-11-30(27)44-31-17-36-22-37-32(31)40-20-34(21-40)15-26(16-34)43-29-9-7-8-24-18-39(19-28(24)29)13-12-38(4)5/h7-11,14,17,22-23,26H,6,12-13,15-16,18-21H2,1-5H3. The van der Waals surface area contributed by atoms with E-state index in [2.05, 4.69) is 57.0 Å². The van der Waals surface area contributed by atoms with Crippen molar-refractivity contribution < 1.29 is 18.7 Å². The van der Waals surface area contributed by atoms with Crippen molar-refractivity contribution in [3.05, 3.63) is 71.4 Å². The molecule has 3 heterocycles. The SMILES string of the molecule is CCN(C(=O)c1cc(F)ccc1Oc1cncnc1N1CC2(CC(Oc3cccc4c3CN(CCN(C)C)C4)C2)C1)C(C)C. The van der Waals surface area contributed by atoms with Crippen LogP contribution in [0.2, 0.25) is 0 Å². The molecule has 2 fully saturated rings. The van der Waals surface area contributed by atoms with Crippen molar-refractivity contribution in [1.29, 1.82) is 0 Å². The Balaban J connectivity index is 1.08. The average molecular weight is 603 g/mol. The number of ether oxygens (including phenoxy) is 2. The molecule has 1 spiro atoms. The molecule has 1 saturated heterocycles. The molecule has 2 aliphatic heterocycles. The normalized spacial score (nSPS) is 17.5. The summed E-state index contributed by atoms with van der Waals surface area (Å²) < 4.78 is 27.1. The summed E-state index contributed by atoms with van der Waals surface area (Å²) in [6.07, 6.45) is 5.31. The topological polar surface area (TPSA) is 74.3 Å². The summed E-state index contributed by atoms with van der Waals surface area (Å²) in [5, 5.41) is 0. The van der Waals surface area contributed by atoms with E-state index in [1.165, 1.54) is 35.7 Å². The van der Waals surface area contributed by atoms with Gasteiger partial charge in [0, 0.05) is 62.8 Å². The van der Waals surface area contributed by atoms with Gasteiger partial charge >= 0.3 is 0 Å². The van der Waals surface area contributed by atoms with Gasteiger partial charge in [-0.25, -0.2) is 14.4 Å². The second-order valence-corrected chi connectivity index (χ2v) is 13.0. The fourth-order valence-electron chi connectivity index (χ4n) is 6.80. The summed E-state index contributed by atoms with van der Waals surface area (Å²) in [4.78, 5) is 30.6. The zero-order valence-electron chi connectivity index (χ0n) is 26.4. The van der Waals surface area contributed by atoms with Gasteiger partial charge in [-0.15, -0.1) is 0 Å². The number of fused-ring (bicyclic) bond motifs is 1. The third kappa shape index (κ3) is 6.10. The summed E-state index contributed by atoms with van der Waals surface area (Å²) in [6, 6.07) is 10.5. The Labute approximate surface area is 259 Å². The number of amides is 1. The minimum atomic E-state index is -0.487. The quantitative estimate of drug-likeness (QED) is 0.297. The molecular weight excluding hydrogens is 559 g/mol. The van der Waals surface area contributed by atoms with Gasteiger partial charge in [-0.3, -0.25) is 9.69 Å². The van der Waals surface area contributed by atoms with Crippen molar-refractivity contribution in [2.45, 2.75) is 58.8 Å². The molecule has 3 aliphatic rings. The minimum absolute atomic E-state index is 0.0302. The van der Waals surface area contributed by atoms with Crippen molar-refractivity contribution in [1.82, 2.24) is 24.7 Å². The van der Waals surface area contributed by atoms with E-state index < -0.39 is 5.82 Å². The maximum absolute atomic E-state index is 14.3. The first kappa shape index (κ1) is 30.3. The Hall–Kier alpha value is -3.76. The number of rotatable bonds is 11. The number of carbonyl (C=O) groups excluding carboxylic acids is 1. The van der Waals surface area contributed by atoms with Crippen molar-refractivity contribution >= 4 is 11.7 Å². The van der Waals surface area contributed by atoms with Crippen LogP contribution in [0.4, 0.5) is 10.2 Å². The number of benzene rings is 2. The summed E-state index contributed by atoms with van der Waals surface area (Å²) >= 11 is 0. The molecule has 10 heteroatoms. The highest BCUT2D eigenvalue weighted by atomic mass is 19.1. The lowest BCUT2D eigenvalue weighted by Gasteiger charge is -2.59. The smallest absolute Gasteiger partial charge is 0.257 e. The summed E-state index contributed by atoms with van der Waals surface area (Å²) in [6.45, 7) is 12.0. The van der Waals surface area contributed by atoms with Gasteiger partial charge in [0.1, 0.15) is 29.7 Å². The third-order valence-corrected chi connectivity index (χ3v) is 9.11. The molecule has 1 amide bonds. The van der Waals surface area contributed by atoms with Crippen LogP contribution in [-0.4, -0.2) is 89.5 Å². The molecule has 9 nitrogen and oxygen atoms in total. The lowest BCUT2D eigenvalue weighted by Crippen LogP contribution is -2.65. The summed E-state index contributed by atoms with van der Waals surface area (Å²) in [5.41, 5.74) is 3.08. The number of carbonyl (C=O) groups is 1. The van der Waals surface area contributed by atoms with Crippen LogP contribution in [0.25, 0.3) is 0 Å². The van der Waals surface area contributed by atoms with E-state index in [1.807, 2.05) is 20.8 Å². The van der Waals surface area contributed by atoms with Crippen LogP contribution < -0.4 is 14.4 Å². The van der Waals surface area contributed by atoms with Crippen molar-refractivity contribution in [3.63, 3.8) is 0 Å². The van der Waals surface area contributed by atoms with E-state index in [9.17, 15) is 9.18 Å². The molecule has 0 atom stereocenters. The molecule has 44 heavy (non-hydrogen) atoms. The number of nitrogens with zero attached hydrogens (tertiary/aromatic N) is 6. The summed E-state index contributed by atoms with van der Waals surface area (Å²) in [5.74, 6) is 1.67. The van der Waals surface area contributed by atoms with Gasteiger partial charge in [0.2, 0.25) is 0 Å². The summed E-state index contributed by atoms with van der Waals surface area (Å²) in [7, 11) is 4.23. The first-order chi connectivity index (χ1) is 21.1. The van der Waals surface area contributed by atoms with Crippen LogP contribution in [0, 0.1) is 11.2 Å². The second kappa shape index (κ2) is 12.3. The Kier molecular flexibility index (Phi) is 8.48. The van der Waals surface area contributed by atoms with Crippen LogP contribution in [0.15, 0.2) is 48.9 Å². The van der Waals surface area contributed by atoms with Crippen molar-refractivity contribution in [3.8, 4) is 17.2 Å². The van der Waals surface area contributed by atoms with Gasteiger partial charge < -0.3 is 24.2 Å². The minimum Gasteiger partial charge on any atom is -0.490 e. The number of hydrogen-bond acceptors (Lipinski definition) is 8. The predicted octanol–water partition coefficient (Wildman–Crippen LogP) is 5.20. The molecular formula is C34H43FN6O3. The third-order valence-electron chi connectivity index (χ3n) is 9.11. The van der Waals surface area contributed by atoms with Crippen LogP contribution in [-0.2, 0) is 13.1 Å². The molecule has 234 valence electrons.